The number of carbonyl (C=O) groups is 1. The molecule has 1 heterocycles. The van der Waals surface area contributed by atoms with Crippen LogP contribution < -0.4 is 10.5 Å². The average Bonchev–Trinajstić information content (AvgIpc) is 3.25. The maximum Gasteiger partial charge on any atom is 0.270 e. The van der Waals surface area contributed by atoms with Crippen LogP contribution in [-0.4, -0.2) is 30.7 Å². The Morgan fingerprint density at radius 1 is 0.970 bits per heavy atom. The van der Waals surface area contributed by atoms with Crippen LogP contribution in [0.4, 0.5) is 0 Å². The number of hydrogen-bond acceptors (Lipinski definition) is 4. The normalized spacial score (nSPS) is 11.3. The van der Waals surface area contributed by atoms with Crippen LogP contribution in [0.1, 0.15) is 16.1 Å². The third-order valence-electron chi connectivity index (χ3n) is 5.03. The second-order valence-electron chi connectivity index (χ2n) is 7.36. The molecule has 0 aliphatic heterocycles. The van der Waals surface area contributed by atoms with E-state index in [4.69, 9.17) is 16.7 Å². The van der Waals surface area contributed by atoms with E-state index < -0.39 is 10.0 Å². The highest BCUT2D eigenvalue weighted by Gasteiger charge is 2.17. The van der Waals surface area contributed by atoms with E-state index in [-0.39, 0.29) is 10.8 Å². The molecule has 0 spiro atoms. The maximum atomic E-state index is 13.0. The first-order chi connectivity index (χ1) is 15.8. The SMILES string of the molecule is NS(=O)(=O)c1ccc(CCNC(=O)c2cc(-c3ccc(Cl)cc3)nn2-c2ccccc2)cc1. The first-order valence-electron chi connectivity index (χ1n) is 10.1. The molecule has 0 unspecified atom stereocenters. The summed E-state index contributed by atoms with van der Waals surface area (Å²) >= 11 is 5.99. The van der Waals surface area contributed by atoms with E-state index in [1.165, 1.54) is 12.1 Å². The lowest BCUT2D eigenvalue weighted by Crippen LogP contribution is -2.27. The highest BCUT2D eigenvalue weighted by atomic mass is 35.5. The summed E-state index contributed by atoms with van der Waals surface area (Å²) in [6.45, 7) is 0.365. The van der Waals surface area contributed by atoms with Gasteiger partial charge < -0.3 is 5.32 Å². The molecule has 33 heavy (non-hydrogen) atoms. The summed E-state index contributed by atoms with van der Waals surface area (Å²) in [6, 6.07) is 24.7. The number of nitrogens with two attached hydrogens (primary N) is 1. The van der Waals surface area contributed by atoms with Crippen LogP contribution in [-0.2, 0) is 16.4 Å². The number of nitrogens with one attached hydrogen (secondary N) is 1. The third-order valence-corrected chi connectivity index (χ3v) is 6.22. The smallest absolute Gasteiger partial charge is 0.270 e. The lowest BCUT2D eigenvalue weighted by Gasteiger charge is -2.08. The maximum absolute atomic E-state index is 13.0. The fourth-order valence-electron chi connectivity index (χ4n) is 3.33. The van der Waals surface area contributed by atoms with E-state index in [0.29, 0.717) is 29.4 Å². The highest BCUT2D eigenvalue weighted by molar-refractivity contribution is 7.89. The quantitative estimate of drug-likeness (QED) is 0.419. The van der Waals surface area contributed by atoms with Gasteiger partial charge in [-0.3, -0.25) is 4.79 Å². The van der Waals surface area contributed by atoms with Gasteiger partial charge in [0.15, 0.2) is 0 Å². The molecular weight excluding hydrogens is 460 g/mol. The lowest BCUT2D eigenvalue weighted by atomic mass is 10.1. The molecule has 3 N–H and O–H groups in total. The molecule has 9 heteroatoms. The van der Waals surface area contributed by atoms with Crippen molar-refractivity contribution in [1.82, 2.24) is 15.1 Å². The van der Waals surface area contributed by atoms with Crippen LogP contribution in [0.5, 0.6) is 0 Å². The standard InChI is InChI=1S/C24H21ClN4O3S/c25-19-10-8-18(9-11-19)22-16-23(29(28-22)20-4-2-1-3-5-20)24(30)27-15-14-17-6-12-21(13-7-17)33(26,31)32/h1-13,16H,14-15H2,(H,27,30)(H2,26,31,32). The van der Waals surface area contributed by atoms with Gasteiger partial charge in [-0.25, -0.2) is 18.2 Å². The van der Waals surface area contributed by atoms with Gasteiger partial charge in [0.1, 0.15) is 5.69 Å². The average molecular weight is 481 g/mol. The Bertz CT molecular complexity index is 1370. The number of nitrogens with zero attached hydrogens (tertiary/aromatic N) is 2. The van der Waals surface area contributed by atoms with Gasteiger partial charge in [-0.1, -0.05) is 54.1 Å². The molecule has 0 bridgehead atoms. The van der Waals surface area contributed by atoms with Crippen molar-refractivity contribution in [2.45, 2.75) is 11.3 Å². The van der Waals surface area contributed by atoms with Gasteiger partial charge in [-0.15, -0.1) is 0 Å². The molecule has 0 fully saturated rings. The van der Waals surface area contributed by atoms with Crippen LogP contribution in [0.2, 0.25) is 5.02 Å². The predicted molar refractivity (Wildman–Crippen MR) is 128 cm³/mol. The zero-order chi connectivity index (χ0) is 23.4. The van der Waals surface area contributed by atoms with Crippen molar-refractivity contribution in [1.29, 1.82) is 0 Å². The largest absolute Gasteiger partial charge is 0.350 e. The predicted octanol–water partition coefficient (Wildman–Crippen LogP) is 3.81. The molecular formula is C24H21ClN4O3S. The van der Waals surface area contributed by atoms with Crippen molar-refractivity contribution in [3.8, 4) is 16.9 Å². The van der Waals surface area contributed by atoms with Crippen LogP contribution in [0.15, 0.2) is 89.8 Å². The molecule has 4 aromatic rings. The fraction of sp³-hybridized carbons (Fsp3) is 0.0833. The van der Waals surface area contributed by atoms with E-state index in [0.717, 1.165) is 16.8 Å². The number of sulfonamides is 1. The van der Waals surface area contributed by atoms with Gasteiger partial charge in [0, 0.05) is 17.1 Å². The molecule has 3 aromatic carbocycles. The molecule has 1 amide bonds. The Kier molecular flexibility index (Phi) is 6.60. The molecule has 0 saturated carbocycles. The first kappa shape index (κ1) is 22.7. The number of benzene rings is 3. The molecule has 4 rings (SSSR count). The van der Waals surface area contributed by atoms with Crippen molar-refractivity contribution < 1.29 is 13.2 Å². The number of hydrogen-bond donors (Lipinski definition) is 2. The van der Waals surface area contributed by atoms with Crippen molar-refractivity contribution in [2.75, 3.05) is 6.54 Å². The Hall–Kier alpha value is -3.46. The third kappa shape index (κ3) is 5.48. The minimum Gasteiger partial charge on any atom is -0.350 e. The highest BCUT2D eigenvalue weighted by Crippen LogP contribution is 2.23. The topological polar surface area (TPSA) is 107 Å². The number of para-hydroxylation sites is 1. The minimum atomic E-state index is -3.73. The Balaban J connectivity index is 1.53. The zero-order valence-electron chi connectivity index (χ0n) is 17.5. The molecule has 0 saturated heterocycles. The molecule has 0 atom stereocenters. The van der Waals surface area contributed by atoms with Crippen molar-refractivity contribution in [2.24, 2.45) is 5.14 Å². The summed E-state index contributed by atoms with van der Waals surface area (Å²) in [5, 5.41) is 13.3. The van der Waals surface area contributed by atoms with Gasteiger partial charge in [0.2, 0.25) is 10.0 Å². The summed E-state index contributed by atoms with van der Waals surface area (Å²) in [4.78, 5) is 13.1. The van der Waals surface area contributed by atoms with Crippen LogP contribution in [0.25, 0.3) is 16.9 Å². The molecule has 1 aromatic heterocycles. The number of rotatable bonds is 7. The molecule has 0 radical (unpaired) electrons. The van der Waals surface area contributed by atoms with Crippen LogP contribution >= 0.6 is 11.6 Å². The van der Waals surface area contributed by atoms with Crippen molar-refractivity contribution >= 4 is 27.5 Å². The van der Waals surface area contributed by atoms with Crippen LogP contribution in [0, 0.1) is 0 Å². The number of carbonyl (C=O) groups excluding carboxylic acids is 1. The number of aromatic nitrogens is 2. The van der Waals surface area contributed by atoms with Crippen molar-refractivity contribution in [3.63, 3.8) is 0 Å². The summed E-state index contributed by atoms with van der Waals surface area (Å²) < 4.78 is 24.4. The van der Waals surface area contributed by atoms with Crippen molar-refractivity contribution in [3.05, 3.63) is 101 Å². The summed E-state index contributed by atoms with van der Waals surface area (Å²) in [5.74, 6) is -0.271. The Morgan fingerprint density at radius 3 is 2.27 bits per heavy atom. The Labute approximate surface area is 196 Å². The van der Waals surface area contributed by atoms with Crippen LogP contribution in [0.3, 0.4) is 0 Å². The monoisotopic (exact) mass is 480 g/mol. The first-order valence-corrected chi connectivity index (χ1v) is 12.0. The molecule has 7 nitrogen and oxygen atoms in total. The molecule has 168 valence electrons. The van der Waals surface area contributed by atoms with E-state index >= 15 is 0 Å². The number of primary sulfonamides is 1. The zero-order valence-corrected chi connectivity index (χ0v) is 19.1. The second kappa shape index (κ2) is 9.58. The van der Waals surface area contributed by atoms with Gasteiger partial charge >= 0.3 is 0 Å². The lowest BCUT2D eigenvalue weighted by molar-refractivity contribution is 0.0946. The number of halogens is 1. The van der Waals surface area contributed by atoms with E-state index in [2.05, 4.69) is 10.4 Å². The fourth-order valence-corrected chi connectivity index (χ4v) is 3.97. The number of amides is 1. The van der Waals surface area contributed by atoms with E-state index in [1.807, 2.05) is 42.5 Å². The minimum absolute atomic E-state index is 0.0526. The second-order valence-corrected chi connectivity index (χ2v) is 9.36. The summed E-state index contributed by atoms with van der Waals surface area (Å²) in [7, 11) is -3.73. The van der Waals surface area contributed by atoms with Gasteiger partial charge in [0.05, 0.1) is 16.3 Å². The van der Waals surface area contributed by atoms with Gasteiger partial charge in [-0.05, 0) is 54.4 Å². The molecule has 0 aliphatic rings. The van der Waals surface area contributed by atoms with Gasteiger partial charge in [0.25, 0.3) is 5.91 Å². The Morgan fingerprint density at radius 2 is 1.64 bits per heavy atom. The summed E-state index contributed by atoms with van der Waals surface area (Å²) in [5.41, 5.74) is 3.54. The molecule has 0 aliphatic carbocycles. The summed E-state index contributed by atoms with van der Waals surface area (Å²) in [6.07, 6.45) is 0.528. The van der Waals surface area contributed by atoms with E-state index in [9.17, 15) is 13.2 Å². The van der Waals surface area contributed by atoms with Gasteiger partial charge in [-0.2, -0.15) is 5.10 Å². The van der Waals surface area contributed by atoms with E-state index in [1.54, 1.807) is 35.0 Å².